The normalized spacial score (nSPS) is 10.3. The second-order valence-electron chi connectivity index (χ2n) is 5.36. The van der Waals surface area contributed by atoms with Gasteiger partial charge in [-0.15, -0.1) is 0 Å². The summed E-state index contributed by atoms with van der Waals surface area (Å²) in [6, 6.07) is 6.16. The molecule has 0 bridgehead atoms. The third-order valence-corrected chi connectivity index (χ3v) is 4.31. The molecule has 2 rings (SSSR count). The fraction of sp³-hybridized carbons (Fsp3) is 0.235. The van der Waals surface area contributed by atoms with Crippen LogP contribution in [0.5, 0.6) is 0 Å². The molecule has 1 aromatic carbocycles. The van der Waals surface area contributed by atoms with Crippen LogP contribution in [0.15, 0.2) is 24.3 Å². The molecule has 2 aromatic rings. The van der Waals surface area contributed by atoms with Crippen molar-refractivity contribution in [3.63, 3.8) is 0 Å². The van der Waals surface area contributed by atoms with Crippen LogP contribution in [0.3, 0.4) is 0 Å². The van der Waals surface area contributed by atoms with Gasteiger partial charge in [-0.2, -0.15) is 0 Å². The third kappa shape index (κ3) is 4.77. The van der Waals surface area contributed by atoms with Gasteiger partial charge in [-0.1, -0.05) is 36.2 Å². The maximum atomic E-state index is 12.1. The average molecular weight is 396 g/mol. The van der Waals surface area contributed by atoms with Gasteiger partial charge in [-0.25, -0.2) is 9.78 Å². The molecule has 0 saturated heterocycles. The summed E-state index contributed by atoms with van der Waals surface area (Å²) >= 11 is 11.8. The van der Waals surface area contributed by atoms with Gasteiger partial charge in [0.25, 0.3) is 0 Å². The molecule has 0 aliphatic carbocycles. The summed E-state index contributed by atoms with van der Waals surface area (Å²) < 4.78 is 4.93. The average Bonchev–Trinajstić information content (AvgIpc) is 2.61. The zero-order chi connectivity index (χ0) is 19.3. The van der Waals surface area contributed by atoms with Crippen LogP contribution in [-0.4, -0.2) is 24.0 Å². The van der Waals surface area contributed by atoms with E-state index < -0.39 is 6.03 Å². The molecule has 0 fully saturated rings. The van der Waals surface area contributed by atoms with Gasteiger partial charge in [-0.05, 0) is 24.1 Å². The predicted molar refractivity (Wildman–Crippen MR) is 104 cm³/mol. The summed E-state index contributed by atoms with van der Waals surface area (Å²) in [7, 11) is 1.39. The molecular formula is C17H19Cl2N5O2. The van der Waals surface area contributed by atoms with Crippen LogP contribution in [0, 0.1) is 5.41 Å². The van der Waals surface area contributed by atoms with Crippen molar-refractivity contribution >= 4 is 46.6 Å². The smallest absolute Gasteiger partial charge is 0.320 e. The van der Waals surface area contributed by atoms with Crippen LogP contribution in [0.4, 0.5) is 16.3 Å². The number of halogens is 2. The highest BCUT2D eigenvalue weighted by Gasteiger charge is 2.15. The first-order chi connectivity index (χ1) is 12.3. The van der Waals surface area contributed by atoms with E-state index in [1.165, 1.54) is 13.2 Å². The lowest BCUT2D eigenvalue weighted by Gasteiger charge is -2.14. The van der Waals surface area contributed by atoms with Gasteiger partial charge in [-0.3, -0.25) is 10.7 Å². The van der Waals surface area contributed by atoms with Crippen molar-refractivity contribution in [3.05, 3.63) is 51.1 Å². The van der Waals surface area contributed by atoms with Crippen molar-refractivity contribution in [2.45, 2.75) is 19.9 Å². The Balaban J connectivity index is 2.07. The zero-order valence-corrected chi connectivity index (χ0v) is 15.8. The Morgan fingerprint density at radius 1 is 1.31 bits per heavy atom. The monoisotopic (exact) mass is 395 g/mol. The number of hydrogen-bond acceptors (Lipinski definition) is 5. The molecule has 0 radical (unpaired) electrons. The first kappa shape index (κ1) is 19.8. The molecular weight excluding hydrogens is 377 g/mol. The topological polar surface area (TPSA) is 113 Å². The lowest BCUT2D eigenvalue weighted by atomic mass is 10.1. The number of urea groups is 1. The van der Waals surface area contributed by atoms with Gasteiger partial charge in [0.05, 0.1) is 28.4 Å². The van der Waals surface area contributed by atoms with Crippen molar-refractivity contribution < 1.29 is 9.53 Å². The number of aromatic nitrogens is 1. The SMILES string of the molecule is CCc1nc(NC(=O)NCc2ccc(Cl)c(Cl)c2)cc(N)c1C(=N)OC. The highest BCUT2D eigenvalue weighted by Crippen LogP contribution is 2.23. The van der Waals surface area contributed by atoms with Gasteiger partial charge >= 0.3 is 6.03 Å². The van der Waals surface area contributed by atoms with E-state index in [1.54, 1.807) is 18.2 Å². The Hall–Kier alpha value is -2.51. The fourth-order valence-corrected chi connectivity index (χ4v) is 2.62. The van der Waals surface area contributed by atoms with Crippen molar-refractivity contribution in [1.29, 1.82) is 5.41 Å². The van der Waals surface area contributed by atoms with E-state index in [-0.39, 0.29) is 12.4 Å². The van der Waals surface area contributed by atoms with Gasteiger partial charge in [0.2, 0.25) is 5.90 Å². The molecule has 7 nitrogen and oxygen atoms in total. The number of aryl methyl sites for hydroxylation is 1. The Morgan fingerprint density at radius 3 is 2.65 bits per heavy atom. The van der Waals surface area contributed by atoms with E-state index in [1.807, 2.05) is 6.92 Å². The maximum Gasteiger partial charge on any atom is 0.320 e. The number of nitrogens with two attached hydrogens (primary N) is 1. The van der Waals surface area contributed by atoms with E-state index in [9.17, 15) is 4.79 Å². The van der Waals surface area contributed by atoms with E-state index >= 15 is 0 Å². The van der Waals surface area contributed by atoms with Gasteiger partial charge in [0.1, 0.15) is 5.82 Å². The number of carbonyl (C=O) groups excluding carboxylic acids is 1. The number of amides is 2. The molecule has 0 spiro atoms. The van der Waals surface area contributed by atoms with Crippen LogP contribution in [0.1, 0.15) is 23.7 Å². The minimum Gasteiger partial charge on any atom is -0.481 e. The first-order valence-electron chi connectivity index (χ1n) is 7.76. The van der Waals surface area contributed by atoms with Gasteiger partial charge < -0.3 is 15.8 Å². The molecule has 1 heterocycles. The molecule has 26 heavy (non-hydrogen) atoms. The summed E-state index contributed by atoms with van der Waals surface area (Å²) in [5.74, 6) is 0.223. The molecule has 9 heteroatoms. The molecule has 5 N–H and O–H groups in total. The first-order valence-corrected chi connectivity index (χ1v) is 8.52. The second-order valence-corrected chi connectivity index (χ2v) is 6.18. The lowest BCUT2D eigenvalue weighted by molar-refractivity contribution is 0.251. The van der Waals surface area contributed by atoms with Crippen LogP contribution in [-0.2, 0) is 17.7 Å². The summed E-state index contributed by atoms with van der Waals surface area (Å²) in [4.78, 5) is 16.4. The number of methoxy groups -OCH3 is 1. The summed E-state index contributed by atoms with van der Waals surface area (Å²) in [5.41, 5.74) is 8.09. The van der Waals surface area contributed by atoms with Gasteiger partial charge in [0.15, 0.2) is 0 Å². The molecule has 1 aromatic heterocycles. The van der Waals surface area contributed by atoms with E-state index in [2.05, 4.69) is 15.6 Å². The van der Waals surface area contributed by atoms with Crippen LogP contribution in [0.2, 0.25) is 10.0 Å². The largest absolute Gasteiger partial charge is 0.481 e. The van der Waals surface area contributed by atoms with Crippen molar-refractivity contribution in [1.82, 2.24) is 10.3 Å². The molecule has 138 valence electrons. The number of pyridine rings is 1. The van der Waals surface area contributed by atoms with Crippen molar-refractivity contribution in [2.24, 2.45) is 0 Å². The minimum atomic E-state index is -0.445. The van der Waals surface area contributed by atoms with E-state index in [0.29, 0.717) is 39.2 Å². The lowest BCUT2D eigenvalue weighted by Crippen LogP contribution is -2.29. The standard InChI is InChI=1S/C17H19Cl2N5O2/c1-3-13-15(16(21)26-2)12(20)7-14(23-13)24-17(25)22-8-9-4-5-10(18)11(19)6-9/h4-7,21H,3,8H2,1-2H3,(H4,20,22,23,24,25). The maximum absolute atomic E-state index is 12.1. The number of rotatable bonds is 5. The third-order valence-electron chi connectivity index (χ3n) is 3.57. The molecule has 0 aliphatic rings. The molecule has 2 amide bonds. The number of ether oxygens (including phenoxy) is 1. The number of nitrogen functional groups attached to an aromatic ring is 1. The number of nitrogens with zero attached hydrogens (tertiary/aromatic N) is 1. The summed E-state index contributed by atoms with van der Waals surface area (Å²) in [6.45, 7) is 2.15. The van der Waals surface area contributed by atoms with Gasteiger partial charge in [0, 0.05) is 18.3 Å². The van der Waals surface area contributed by atoms with Crippen molar-refractivity contribution in [3.8, 4) is 0 Å². The number of hydrogen-bond donors (Lipinski definition) is 4. The quantitative estimate of drug-likeness (QED) is 0.454. The summed E-state index contributed by atoms with van der Waals surface area (Å²) in [6.07, 6.45) is 0.533. The molecule has 0 atom stereocenters. The number of carbonyl (C=O) groups is 1. The minimum absolute atomic E-state index is 0.0672. The Bertz CT molecular complexity index is 842. The molecule has 0 unspecified atom stereocenters. The summed E-state index contributed by atoms with van der Waals surface area (Å²) in [5, 5.41) is 14.0. The van der Waals surface area contributed by atoms with Crippen LogP contribution in [0.25, 0.3) is 0 Å². The number of benzene rings is 1. The Kier molecular flexibility index (Phi) is 6.65. The molecule has 0 aliphatic heterocycles. The van der Waals surface area contributed by atoms with Crippen LogP contribution >= 0.6 is 23.2 Å². The Labute approximate surface area is 161 Å². The van der Waals surface area contributed by atoms with Crippen molar-refractivity contribution in [2.75, 3.05) is 18.2 Å². The highest BCUT2D eigenvalue weighted by atomic mass is 35.5. The van der Waals surface area contributed by atoms with E-state index in [4.69, 9.17) is 39.1 Å². The predicted octanol–water partition coefficient (Wildman–Crippen LogP) is 3.83. The zero-order valence-electron chi connectivity index (χ0n) is 14.3. The number of anilines is 2. The Morgan fingerprint density at radius 2 is 2.04 bits per heavy atom. The second kappa shape index (κ2) is 8.73. The molecule has 0 saturated carbocycles. The highest BCUT2D eigenvalue weighted by molar-refractivity contribution is 6.42. The van der Waals surface area contributed by atoms with Crippen LogP contribution < -0.4 is 16.4 Å². The number of nitrogens with one attached hydrogen (secondary N) is 3. The van der Waals surface area contributed by atoms with E-state index in [0.717, 1.165) is 5.56 Å². The fourth-order valence-electron chi connectivity index (χ4n) is 2.30.